The number of cyclic esters (lactones) is 1. The van der Waals surface area contributed by atoms with Gasteiger partial charge in [0.15, 0.2) is 5.60 Å². The van der Waals surface area contributed by atoms with E-state index < -0.39 is 88.7 Å². The SMILES string of the molecule is CC[C@@]1(O)C(=O)OCc2c1cc1n(c2=O)Cc2c-1nc1cc(F)c(C)c3c1c2[C@@H](NC(=O)OCc1ccc(NC(=O)[C@H](CCCNC(N)=O)NC(=O)[C@@H](NC(=O)OC(C)(C)C)C(C)C)cc1CN(C)C(=O)O)CC3. The van der Waals surface area contributed by atoms with E-state index in [0.29, 0.717) is 63.0 Å². The Balaban J connectivity index is 1.13. The molecule has 0 spiro atoms. The fourth-order valence-corrected chi connectivity index (χ4v) is 9.59. The van der Waals surface area contributed by atoms with E-state index in [2.05, 4.69) is 26.6 Å². The monoisotopic (exact) mass is 1030 g/mol. The molecule has 0 saturated heterocycles. The predicted molar refractivity (Wildman–Crippen MR) is 265 cm³/mol. The van der Waals surface area contributed by atoms with Crippen molar-refractivity contribution in [3.8, 4) is 11.4 Å². The number of carbonyl (C=O) groups is 7. The number of nitrogens with two attached hydrogens (primary N) is 1. The average molecular weight is 1030 g/mol. The van der Waals surface area contributed by atoms with Gasteiger partial charge in [0, 0.05) is 48.4 Å². The number of esters is 1. The number of aromatic nitrogens is 2. The molecular formula is C51H62FN9O13. The number of hydrogen-bond donors (Lipinski definition) is 8. The lowest BCUT2D eigenvalue weighted by molar-refractivity contribution is -0.172. The third-order valence-electron chi connectivity index (χ3n) is 13.5. The molecule has 4 aromatic rings. The Kier molecular flexibility index (Phi) is 15.6. The van der Waals surface area contributed by atoms with Crippen molar-refractivity contribution in [1.82, 2.24) is 35.7 Å². The van der Waals surface area contributed by atoms with E-state index in [1.807, 2.05) is 0 Å². The van der Waals surface area contributed by atoms with Crippen molar-refractivity contribution in [2.75, 3.05) is 18.9 Å². The van der Waals surface area contributed by atoms with E-state index in [9.17, 15) is 48.6 Å². The first kappa shape index (κ1) is 54.0. The molecule has 0 radical (unpaired) electrons. The van der Waals surface area contributed by atoms with Crippen LogP contribution in [-0.4, -0.2) is 98.0 Å². The van der Waals surface area contributed by atoms with Gasteiger partial charge in [-0.2, -0.15) is 0 Å². The number of ether oxygens (including phenoxy) is 3. The van der Waals surface area contributed by atoms with E-state index in [-0.39, 0.29) is 74.4 Å². The third kappa shape index (κ3) is 11.2. The second-order valence-corrected chi connectivity index (χ2v) is 20.1. The zero-order valence-electron chi connectivity index (χ0n) is 42.4. The highest BCUT2D eigenvalue weighted by atomic mass is 19.1. The van der Waals surface area contributed by atoms with Gasteiger partial charge in [-0.05, 0) is 112 Å². The van der Waals surface area contributed by atoms with Crippen molar-refractivity contribution in [3.63, 3.8) is 0 Å². The number of anilines is 1. The van der Waals surface area contributed by atoms with Crippen molar-refractivity contribution in [3.05, 3.63) is 91.0 Å². The smallest absolute Gasteiger partial charge is 0.408 e. The van der Waals surface area contributed by atoms with Gasteiger partial charge < -0.3 is 66.2 Å². The molecule has 7 amide bonds. The van der Waals surface area contributed by atoms with Crippen LogP contribution in [0.5, 0.6) is 0 Å². The standard InChI is InChI=1S/C51H62FN9O13/c1-9-51(71)32-18-37-41-30(21-61(37)44(64)31(32)23-72-45(51)65)39-34(15-14-29-25(4)33(52)19-36(56-41)38(29)39)58-47(67)73-22-26-12-13-28(17-27(26)20-60(8)49(69)70)55-42(62)35(11-10-16-54-46(53)66)57-43(63)40(24(2)3)59-48(68)74-50(5,6)7/h12-13,17-19,24,34-35,40,71H,9-11,14-16,20-23H2,1-8H3,(H,55,62)(H,57,63)(H,58,67)(H,59,68)(H,69,70)(H3,53,54,66)/t34-,35-,40-,51-/m0/s1. The second kappa shape index (κ2) is 21.3. The van der Waals surface area contributed by atoms with Crippen LogP contribution >= 0.6 is 0 Å². The molecule has 396 valence electrons. The molecule has 9 N–H and O–H groups in total. The molecule has 7 rings (SSSR count). The first-order valence-corrected chi connectivity index (χ1v) is 24.3. The quantitative estimate of drug-likeness (QED) is 0.0368. The minimum atomic E-state index is -2.07. The summed E-state index contributed by atoms with van der Waals surface area (Å²) in [6.07, 6.45) is -2.13. The highest BCUT2D eigenvalue weighted by Crippen LogP contribution is 2.46. The lowest BCUT2D eigenvalue weighted by atomic mass is 9.81. The van der Waals surface area contributed by atoms with Crippen molar-refractivity contribution >= 4 is 58.7 Å². The molecule has 22 nitrogen and oxygen atoms in total. The number of hydrogen-bond acceptors (Lipinski definition) is 13. The van der Waals surface area contributed by atoms with Crippen LogP contribution in [0, 0.1) is 18.7 Å². The number of nitrogens with one attached hydrogen (secondary N) is 5. The summed E-state index contributed by atoms with van der Waals surface area (Å²) in [5, 5.41) is 35.3. The maximum Gasteiger partial charge on any atom is 0.408 e. The molecule has 2 aromatic carbocycles. The predicted octanol–water partition coefficient (Wildman–Crippen LogP) is 4.97. The number of carbonyl (C=O) groups excluding carboxylic acids is 6. The molecular weight excluding hydrogens is 966 g/mol. The molecule has 4 heterocycles. The molecule has 3 aliphatic rings. The number of urea groups is 1. The number of carboxylic acid groups (broad SMARTS) is 1. The van der Waals surface area contributed by atoms with Crippen LogP contribution in [-0.2, 0) is 66.9 Å². The summed E-state index contributed by atoms with van der Waals surface area (Å²) in [5.41, 5.74) is 6.16. The van der Waals surface area contributed by atoms with E-state index in [1.54, 1.807) is 54.5 Å². The first-order valence-electron chi connectivity index (χ1n) is 24.3. The van der Waals surface area contributed by atoms with Crippen molar-refractivity contribution in [2.45, 2.75) is 136 Å². The van der Waals surface area contributed by atoms with Crippen LogP contribution in [0.1, 0.15) is 118 Å². The van der Waals surface area contributed by atoms with E-state index in [0.717, 1.165) is 4.90 Å². The van der Waals surface area contributed by atoms with E-state index in [1.165, 1.54) is 35.9 Å². The molecule has 4 atom stereocenters. The number of aliphatic hydroxyl groups is 1. The minimum absolute atomic E-state index is 0.0172. The van der Waals surface area contributed by atoms with Crippen molar-refractivity contribution < 1.29 is 62.4 Å². The molecule has 74 heavy (non-hydrogen) atoms. The van der Waals surface area contributed by atoms with Crippen LogP contribution in [0.15, 0.2) is 35.1 Å². The molecule has 1 aliphatic carbocycles. The lowest BCUT2D eigenvalue weighted by Crippen LogP contribution is -2.55. The number of amides is 7. The van der Waals surface area contributed by atoms with Crippen LogP contribution in [0.25, 0.3) is 22.3 Å². The fourth-order valence-electron chi connectivity index (χ4n) is 9.59. The second-order valence-electron chi connectivity index (χ2n) is 20.1. The summed E-state index contributed by atoms with van der Waals surface area (Å²) in [4.78, 5) is 110. The number of benzene rings is 2. The minimum Gasteiger partial charge on any atom is -0.465 e. The van der Waals surface area contributed by atoms with Crippen LogP contribution in [0.2, 0.25) is 0 Å². The van der Waals surface area contributed by atoms with Gasteiger partial charge in [-0.1, -0.05) is 26.8 Å². The highest BCUT2D eigenvalue weighted by Gasteiger charge is 2.46. The molecule has 0 fully saturated rings. The lowest BCUT2D eigenvalue weighted by Gasteiger charge is -2.31. The maximum atomic E-state index is 15.5. The molecule has 0 saturated carbocycles. The molecule has 23 heteroatoms. The van der Waals surface area contributed by atoms with Gasteiger partial charge in [0.2, 0.25) is 11.8 Å². The summed E-state index contributed by atoms with van der Waals surface area (Å²) in [5.74, 6) is -3.15. The van der Waals surface area contributed by atoms with Gasteiger partial charge in [0.25, 0.3) is 5.56 Å². The average Bonchev–Trinajstić information content (AvgIpc) is 3.69. The van der Waals surface area contributed by atoms with Gasteiger partial charge in [-0.15, -0.1) is 0 Å². The Morgan fingerprint density at radius 2 is 1.76 bits per heavy atom. The van der Waals surface area contributed by atoms with Gasteiger partial charge in [0.05, 0.1) is 35.1 Å². The molecule has 2 aromatic heterocycles. The van der Waals surface area contributed by atoms with Gasteiger partial charge in [-0.3, -0.25) is 14.4 Å². The summed E-state index contributed by atoms with van der Waals surface area (Å²) in [6.45, 7) is 10.9. The number of fused-ring (bicyclic) bond motifs is 5. The Hall–Kier alpha value is -7.82. The molecule has 2 aliphatic heterocycles. The van der Waals surface area contributed by atoms with Gasteiger partial charge in [0.1, 0.15) is 36.7 Å². The Morgan fingerprint density at radius 3 is 2.42 bits per heavy atom. The van der Waals surface area contributed by atoms with Crippen molar-refractivity contribution in [1.29, 1.82) is 0 Å². The highest BCUT2D eigenvalue weighted by molar-refractivity contribution is 5.98. The number of primary amides is 1. The van der Waals surface area contributed by atoms with Gasteiger partial charge >= 0.3 is 30.3 Å². The summed E-state index contributed by atoms with van der Waals surface area (Å²) in [6, 6.07) is 3.59. The Morgan fingerprint density at radius 1 is 1.03 bits per heavy atom. The van der Waals surface area contributed by atoms with Crippen LogP contribution < -0.4 is 37.9 Å². The number of rotatable bonds is 16. The normalized spacial score (nSPS) is 17.2. The first-order chi connectivity index (χ1) is 34.8. The van der Waals surface area contributed by atoms with Crippen LogP contribution in [0.4, 0.5) is 29.3 Å². The van der Waals surface area contributed by atoms with E-state index in [4.69, 9.17) is 24.9 Å². The van der Waals surface area contributed by atoms with E-state index >= 15 is 4.39 Å². The number of nitrogens with zero attached hydrogens (tertiary/aromatic N) is 3. The Bertz CT molecular complexity index is 3030. The van der Waals surface area contributed by atoms with Crippen LogP contribution in [0.3, 0.4) is 0 Å². The number of alkyl carbamates (subject to hydrolysis) is 2. The fraction of sp³-hybridized carbons (Fsp3) is 0.471. The summed E-state index contributed by atoms with van der Waals surface area (Å²) < 4.78 is 33.3. The topological polar surface area (TPSA) is 312 Å². The number of pyridine rings is 2. The summed E-state index contributed by atoms with van der Waals surface area (Å²) >= 11 is 0. The molecule has 0 bridgehead atoms. The third-order valence-corrected chi connectivity index (χ3v) is 13.5. The maximum absolute atomic E-state index is 15.5. The number of aryl methyl sites for hydroxylation is 1. The molecule has 0 unspecified atom stereocenters. The zero-order chi connectivity index (χ0) is 54.1. The summed E-state index contributed by atoms with van der Waals surface area (Å²) in [7, 11) is 1.33. The Labute approximate surface area is 424 Å². The zero-order valence-corrected chi connectivity index (χ0v) is 42.4. The van der Waals surface area contributed by atoms with Crippen molar-refractivity contribution in [2.24, 2.45) is 11.7 Å². The number of halogens is 1. The largest absolute Gasteiger partial charge is 0.465 e. The van der Waals surface area contributed by atoms with Gasteiger partial charge in [-0.25, -0.2) is 33.3 Å².